The highest BCUT2D eigenvalue weighted by Gasteiger charge is 2.44. The first-order chi connectivity index (χ1) is 20.1. The standard InChI is InChI=1S/C16H20N6O5.C8H10.C4H11N3/c17-12-5-7-20-8-6-13(21(20)16(12)25)15(24)18-9-14(23)19-10-1-3-11(4-2-10)22(26)27;1-2-8-6-4-3-5-7-8;1-2-3-7-4(5)6/h1-4,12-13H,5-9,17H2,(H,18,24)(H,19,23);3-7H,2H2,1H3;2-3H2,1H3,(H4,5,6,7). The molecule has 0 radical (unpaired) electrons. The lowest BCUT2D eigenvalue weighted by molar-refractivity contribution is -0.384. The first-order valence-corrected chi connectivity index (χ1v) is 13.8. The fraction of sp³-hybridized carbons (Fsp3) is 0.429. The van der Waals surface area contributed by atoms with Crippen LogP contribution >= 0.6 is 0 Å². The second kappa shape index (κ2) is 17.3. The van der Waals surface area contributed by atoms with Crippen molar-refractivity contribution in [2.75, 3.05) is 31.5 Å². The summed E-state index contributed by atoms with van der Waals surface area (Å²) in [5.74, 6) is -0.997. The number of nitrogens with one attached hydrogen (secondary N) is 2. The smallest absolute Gasteiger partial charge is 0.269 e. The molecule has 2 aromatic carbocycles. The van der Waals surface area contributed by atoms with Crippen LogP contribution in [0.1, 0.15) is 38.7 Å². The highest BCUT2D eigenvalue weighted by molar-refractivity contribution is 5.96. The molecule has 2 saturated heterocycles. The summed E-state index contributed by atoms with van der Waals surface area (Å²) in [6.45, 7) is 5.85. The predicted molar refractivity (Wildman–Crippen MR) is 161 cm³/mol. The van der Waals surface area contributed by atoms with E-state index in [0.29, 0.717) is 31.6 Å². The van der Waals surface area contributed by atoms with Crippen molar-refractivity contribution >= 4 is 35.1 Å². The number of rotatable bonds is 8. The van der Waals surface area contributed by atoms with Gasteiger partial charge in [0.05, 0.1) is 17.5 Å². The summed E-state index contributed by atoms with van der Waals surface area (Å²) in [4.78, 5) is 50.4. The number of hydrogen-bond donors (Lipinski definition) is 5. The van der Waals surface area contributed by atoms with Gasteiger partial charge in [-0.2, -0.15) is 0 Å². The minimum absolute atomic E-state index is 0.0866. The van der Waals surface area contributed by atoms with Gasteiger partial charge in [-0.25, -0.2) is 5.01 Å². The zero-order valence-electron chi connectivity index (χ0n) is 24.1. The van der Waals surface area contributed by atoms with Gasteiger partial charge in [0, 0.05) is 37.5 Å². The van der Waals surface area contributed by atoms with Crippen molar-refractivity contribution in [1.82, 2.24) is 15.3 Å². The van der Waals surface area contributed by atoms with Gasteiger partial charge in [0.15, 0.2) is 5.96 Å². The molecule has 0 aromatic heterocycles. The minimum atomic E-state index is -0.670. The van der Waals surface area contributed by atoms with Crippen LogP contribution in [-0.4, -0.2) is 76.9 Å². The second-order valence-electron chi connectivity index (χ2n) is 9.55. The molecule has 0 spiro atoms. The van der Waals surface area contributed by atoms with Crippen molar-refractivity contribution in [3.8, 4) is 0 Å². The number of carbonyl (C=O) groups excluding carboxylic acids is 3. The van der Waals surface area contributed by atoms with Crippen molar-refractivity contribution in [1.29, 1.82) is 0 Å². The molecule has 2 unspecified atom stereocenters. The van der Waals surface area contributed by atoms with Crippen LogP contribution in [0.2, 0.25) is 0 Å². The van der Waals surface area contributed by atoms with Crippen molar-refractivity contribution in [3.63, 3.8) is 0 Å². The van der Waals surface area contributed by atoms with Gasteiger partial charge in [-0.3, -0.25) is 34.5 Å². The Labute approximate surface area is 245 Å². The molecule has 2 aromatic rings. The summed E-state index contributed by atoms with van der Waals surface area (Å²) in [6.07, 6.45) is 3.17. The first kappa shape index (κ1) is 33.6. The maximum atomic E-state index is 12.4. The average Bonchev–Trinajstić information content (AvgIpc) is 3.43. The average molecular weight is 584 g/mol. The Bertz CT molecular complexity index is 1200. The molecule has 0 bridgehead atoms. The third-order valence-electron chi connectivity index (χ3n) is 6.36. The maximum absolute atomic E-state index is 12.4. The summed E-state index contributed by atoms with van der Waals surface area (Å²) in [7, 11) is 0. The van der Waals surface area contributed by atoms with Crippen molar-refractivity contribution in [2.45, 2.75) is 51.6 Å². The van der Waals surface area contributed by atoms with Crippen LogP contribution in [-0.2, 0) is 20.8 Å². The molecule has 228 valence electrons. The molecular formula is C28H41N9O5. The van der Waals surface area contributed by atoms with E-state index in [9.17, 15) is 24.5 Å². The number of aryl methyl sites for hydroxylation is 1. The molecular weight excluding hydrogens is 542 g/mol. The van der Waals surface area contributed by atoms with E-state index in [1.807, 2.05) is 18.0 Å². The number of hydrazine groups is 1. The molecule has 4 rings (SSSR count). The maximum Gasteiger partial charge on any atom is 0.269 e. The number of carbonyl (C=O) groups is 3. The first-order valence-electron chi connectivity index (χ1n) is 13.8. The molecule has 42 heavy (non-hydrogen) atoms. The van der Waals surface area contributed by atoms with Crippen molar-refractivity contribution < 1.29 is 19.3 Å². The Balaban J connectivity index is 0.000000335. The van der Waals surface area contributed by atoms with Gasteiger partial charge in [-0.05, 0) is 43.4 Å². The van der Waals surface area contributed by atoms with Crippen LogP contribution in [0.3, 0.4) is 0 Å². The van der Waals surface area contributed by atoms with Crippen LogP contribution in [0, 0.1) is 10.1 Å². The molecule has 14 heteroatoms. The lowest BCUT2D eigenvalue weighted by Crippen LogP contribution is -2.60. The number of nitrogens with two attached hydrogens (primary N) is 3. The van der Waals surface area contributed by atoms with Crippen LogP contribution in [0.25, 0.3) is 0 Å². The fourth-order valence-corrected chi connectivity index (χ4v) is 4.15. The summed E-state index contributed by atoms with van der Waals surface area (Å²) in [6, 6.07) is 14.5. The van der Waals surface area contributed by atoms with Crippen LogP contribution in [0.15, 0.2) is 59.6 Å². The molecule has 3 amide bonds. The number of non-ortho nitro benzene ring substituents is 1. The van der Waals surface area contributed by atoms with Crippen LogP contribution in [0.5, 0.6) is 0 Å². The number of guanidine groups is 1. The number of anilines is 1. The SMILES string of the molecule is CCCN=C(N)N.CCc1ccccc1.NC1CCN2CCC(C(=O)NCC(=O)Nc3ccc([N+](=O)[O-])cc3)N2C1=O. The zero-order chi connectivity index (χ0) is 31.1. The molecule has 2 atom stereocenters. The third kappa shape index (κ3) is 10.8. The molecule has 14 nitrogen and oxygen atoms in total. The van der Waals surface area contributed by atoms with Crippen LogP contribution in [0.4, 0.5) is 11.4 Å². The quantitative estimate of drug-likeness (QED) is 0.130. The normalized spacial score (nSPS) is 17.4. The van der Waals surface area contributed by atoms with E-state index in [-0.39, 0.29) is 24.1 Å². The Morgan fingerprint density at radius 2 is 1.69 bits per heavy atom. The summed E-state index contributed by atoms with van der Waals surface area (Å²) >= 11 is 0. The lowest BCUT2D eigenvalue weighted by atomic mass is 10.1. The topological polar surface area (TPSA) is 215 Å². The number of nitro benzene ring substituents is 1. The van der Waals surface area contributed by atoms with Crippen molar-refractivity contribution in [2.24, 2.45) is 22.2 Å². The van der Waals surface area contributed by atoms with E-state index < -0.39 is 28.8 Å². The van der Waals surface area contributed by atoms with Crippen LogP contribution < -0.4 is 27.8 Å². The molecule has 2 aliphatic heterocycles. The number of benzene rings is 2. The lowest BCUT2D eigenvalue weighted by Gasteiger charge is -2.37. The van der Waals surface area contributed by atoms with Gasteiger partial charge < -0.3 is 27.8 Å². The second-order valence-corrected chi connectivity index (χ2v) is 9.55. The summed E-state index contributed by atoms with van der Waals surface area (Å²) < 4.78 is 0. The Hall–Kier alpha value is -4.56. The van der Waals surface area contributed by atoms with Crippen molar-refractivity contribution in [3.05, 3.63) is 70.3 Å². The van der Waals surface area contributed by atoms with E-state index in [0.717, 1.165) is 19.4 Å². The Morgan fingerprint density at radius 1 is 1.05 bits per heavy atom. The van der Waals surface area contributed by atoms with Gasteiger partial charge in [0.2, 0.25) is 11.8 Å². The third-order valence-corrected chi connectivity index (χ3v) is 6.36. The highest BCUT2D eigenvalue weighted by Crippen LogP contribution is 2.24. The molecule has 2 fully saturated rings. The number of hydrogen-bond acceptors (Lipinski definition) is 8. The van der Waals surface area contributed by atoms with E-state index in [4.69, 9.17) is 17.2 Å². The molecule has 8 N–H and O–H groups in total. The summed E-state index contributed by atoms with van der Waals surface area (Å²) in [5, 5.41) is 18.9. The van der Waals surface area contributed by atoms with Gasteiger partial charge >= 0.3 is 0 Å². The fourth-order valence-electron chi connectivity index (χ4n) is 4.15. The van der Waals surface area contributed by atoms with E-state index in [1.54, 1.807) is 0 Å². The summed E-state index contributed by atoms with van der Waals surface area (Å²) in [5.41, 5.74) is 17.5. The van der Waals surface area contributed by atoms with E-state index in [2.05, 4.69) is 46.8 Å². The monoisotopic (exact) mass is 583 g/mol. The van der Waals surface area contributed by atoms with Gasteiger partial charge in [0.25, 0.3) is 11.6 Å². The van der Waals surface area contributed by atoms with Gasteiger partial charge in [-0.15, -0.1) is 0 Å². The van der Waals surface area contributed by atoms with Gasteiger partial charge in [0.1, 0.15) is 6.04 Å². The molecule has 0 saturated carbocycles. The predicted octanol–water partition coefficient (Wildman–Crippen LogP) is 1.12. The largest absolute Gasteiger partial charge is 0.370 e. The Kier molecular flexibility index (Phi) is 13.9. The minimum Gasteiger partial charge on any atom is -0.370 e. The highest BCUT2D eigenvalue weighted by atomic mass is 16.6. The molecule has 2 heterocycles. The number of fused-ring (bicyclic) bond motifs is 1. The number of nitrogens with zero attached hydrogens (tertiary/aromatic N) is 4. The molecule has 0 aliphatic carbocycles. The van der Waals surface area contributed by atoms with E-state index >= 15 is 0 Å². The number of amides is 3. The zero-order valence-corrected chi connectivity index (χ0v) is 24.1. The Morgan fingerprint density at radius 3 is 2.21 bits per heavy atom. The number of nitro groups is 1. The number of aliphatic imine (C=N–C) groups is 1. The van der Waals surface area contributed by atoms with Gasteiger partial charge in [-0.1, -0.05) is 44.2 Å². The molecule has 2 aliphatic rings. The van der Waals surface area contributed by atoms with E-state index in [1.165, 1.54) is 34.8 Å².